The smallest absolute Gasteiger partial charge is 0.312 e. The SMILES string of the molecule is CC(=O)N[C@H]1[C@H](O[C@H]2CC[C@]3(C)[C@H]4CC=C5[C@@H]6CC(C)(C)[C@@H](O)C[C@]6(C(=O)O)[C@H](O)C[C@@]5(C)[C@]4(C)CC[C@H]3C2(C)C)O[C@H](CO[C@@H]2OC[C@H](O)[C@H](O)[C@H]2O[C@@H]2OC[C@@H](O)[C@H](O)[C@H]2O)[C@@H](O)[C@@H]1O. The van der Waals surface area contributed by atoms with Gasteiger partial charge in [-0.2, -0.15) is 0 Å². The Bertz CT molecular complexity index is 1880. The Balaban J connectivity index is 1.01. The molecule has 0 aromatic carbocycles. The average Bonchev–Trinajstić information content (AvgIpc) is 3.24. The molecule has 8 aliphatic rings. The van der Waals surface area contributed by atoms with Crippen LogP contribution < -0.4 is 5.32 Å². The fourth-order valence-corrected chi connectivity index (χ4v) is 15.0. The van der Waals surface area contributed by atoms with E-state index in [-0.39, 0.29) is 48.7 Å². The van der Waals surface area contributed by atoms with Gasteiger partial charge in [0.25, 0.3) is 0 Å². The zero-order chi connectivity index (χ0) is 49.1. The highest BCUT2D eigenvalue weighted by Gasteiger charge is 2.72. The van der Waals surface area contributed by atoms with E-state index in [4.69, 9.17) is 28.4 Å². The minimum atomic E-state index is -1.72. The van der Waals surface area contributed by atoms with Crippen LogP contribution in [-0.4, -0.2) is 181 Å². The molecule has 8 rings (SSSR count). The molecule has 23 atom stereocenters. The summed E-state index contributed by atoms with van der Waals surface area (Å²) in [5.41, 5.74) is -2.37. The van der Waals surface area contributed by atoms with Crippen LogP contribution >= 0.6 is 0 Å². The summed E-state index contributed by atoms with van der Waals surface area (Å²) in [6.45, 7) is 15.3. The second kappa shape index (κ2) is 18.0. The quantitative estimate of drug-likeness (QED) is 0.108. The maximum Gasteiger partial charge on any atom is 0.312 e. The van der Waals surface area contributed by atoms with Crippen molar-refractivity contribution >= 4 is 11.9 Å². The van der Waals surface area contributed by atoms with Crippen molar-refractivity contribution in [3.8, 4) is 0 Å². The Morgan fingerprint density at radius 3 is 2.04 bits per heavy atom. The Morgan fingerprint density at radius 2 is 1.39 bits per heavy atom. The highest BCUT2D eigenvalue weighted by Crippen LogP contribution is 2.76. The van der Waals surface area contributed by atoms with Crippen molar-refractivity contribution in [2.75, 3.05) is 19.8 Å². The summed E-state index contributed by atoms with van der Waals surface area (Å²) in [6, 6.07) is -1.18. The Hall–Kier alpha value is -1.92. The van der Waals surface area contributed by atoms with E-state index >= 15 is 0 Å². The van der Waals surface area contributed by atoms with E-state index < -0.39 is 144 Å². The van der Waals surface area contributed by atoms with Crippen LogP contribution in [0.1, 0.15) is 107 Å². The van der Waals surface area contributed by atoms with Crippen LogP contribution in [-0.2, 0) is 38.0 Å². The van der Waals surface area contributed by atoms with Crippen LogP contribution in [0.15, 0.2) is 11.6 Å². The summed E-state index contributed by atoms with van der Waals surface area (Å²) in [5.74, 6) is -1.66. The highest BCUT2D eigenvalue weighted by molar-refractivity contribution is 5.78. The number of carbonyl (C=O) groups is 2. The Labute approximate surface area is 392 Å². The van der Waals surface area contributed by atoms with Crippen molar-refractivity contribution in [2.45, 2.75) is 205 Å². The molecule has 4 saturated carbocycles. The number of carboxylic acids is 1. The predicted molar refractivity (Wildman–Crippen MR) is 233 cm³/mol. The number of nitrogens with one attached hydrogen (secondary N) is 1. The van der Waals surface area contributed by atoms with Crippen molar-refractivity contribution in [2.24, 2.45) is 50.2 Å². The number of fused-ring (bicyclic) bond motifs is 7. The average molecular weight is 956 g/mol. The minimum absolute atomic E-state index is 0.00231. The van der Waals surface area contributed by atoms with Crippen LogP contribution in [0.4, 0.5) is 0 Å². The molecule has 3 heterocycles. The second-order valence-corrected chi connectivity index (χ2v) is 23.5. The van der Waals surface area contributed by atoms with Gasteiger partial charge in [0.05, 0.1) is 38.1 Å². The van der Waals surface area contributed by atoms with E-state index in [1.54, 1.807) is 0 Å². The summed E-state index contributed by atoms with van der Waals surface area (Å²) >= 11 is 0. The van der Waals surface area contributed by atoms with E-state index in [9.17, 15) is 60.7 Å². The number of rotatable bonds is 9. The van der Waals surface area contributed by atoms with Gasteiger partial charge >= 0.3 is 5.97 Å². The molecule has 3 aliphatic heterocycles. The number of ether oxygens (including phenoxy) is 6. The molecule has 19 heteroatoms. The molecule has 7 fully saturated rings. The molecule has 0 radical (unpaired) electrons. The molecule has 0 unspecified atom stereocenters. The lowest BCUT2D eigenvalue weighted by molar-refractivity contribution is -0.352. The summed E-state index contributed by atoms with van der Waals surface area (Å²) in [5, 5.41) is 112. The molecule has 0 aromatic rings. The molecule has 0 aromatic heterocycles. The van der Waals surface area contributed by atoms with E-state index in [1.807, 2.05) is 13.8 Å². The lowest BCUT2D eigenvalue weighted by atomic mass is 9.33. The first-order valence-electron chi connectivity index (χ1n) is 24.3. The van der Waals surface area contributed by atoms with E-state index in [2.05, 4.69) is 46.0 Å². The first-order valence-corrected chi connectivity index (χ1v) is 24.3. The van der Waals surface area contributed by atoms with Crippen molar-refractivity contribution in [3.63, 3.8) is 0 Å². The first-order chi connectivity index (χ1) is 31.1. The van der Waals surface area contributed by atoms with Gasteiger partial charge in [-0.1, -0.05) is 60.1 Å². The van der Waals surface area contributed by atoms with Gasteiger partial charge in [-0.05, 0) is 96.2 Å². The number of aliphatic hydroxyl groups excluding tert-OH is 9. The topological polar surface area (TPSA) is 304 Å². The number of carbonyl (C=O) groups excluding carboxylic acids is 1. The van der Waals surface area contributed by atoms with Crippen LogP contribution in [0.5, 0.6) is 0 Å². The van der Waals surface area contributed by atoms with Crippen molar-refractivity contribution < 1.29 is 89.1 Å². The van der Waals surface area contributed by atoms with Gasteiger partial charge in [0, 0.05) is 6.92 Å². The van der Waals surface area contributed by atoms with Crippen molar-refractivity contribution in [1.82, 2.24) is 5.32 Å². The summed E-state index contributed by atoms with van der Waals surface area (Å²) in [4.78, 5) is 25.8. The monoisotopic (exact) mass is 956 g/mol. The Morgan fingerprint density at radius 1 is 0.731 bits per heavy atom. The van der Waals surface area contributed by atoms with Gasteiger partial charge in [-0.25, -0.2) is 0 Å². The third-order valence-electron chi connectivity index (χ3n) is 19.2. The lowest BCUT2D eigenvalue weighted by Gasteiger charge is -2.72. The van der Waals surface area contributed by atoms with Gasteiger partial charge < -0.3 is 84.8 Å². The molecule has 1 amide bonds. The zero-order valence-electron chi connectivity index (χ0n) is 40.1. The summed E-state index contributed by atoms with van der Waals surface area (Å²) < 4.78 is 36.0. The maximum atomic E-state index is 13.2. The molecule has 0 spiro atoms. The highest BCUT2D eigenvalue weighted by atomic mass is 16.8. The molecule has 5 aliphatic carbocycles. The number of allylic oxidation sites excluding steroid dienone is 2. The van der Waals surface area contributed by atoms with Gasteiger partial charge in [0.15, 0.2) is 18.9 Å². The standard InChI is InChI=1S/C48H77NO18/c1-21(50)49-32-36(58)35(57)26(20-64-41-38(34(56)25(52)19-63-41)67-40-37(59)33(55)24(51)18-62-40)65-39(32)66-31-12-13-45(6)27(44(31,4)5)11-14-46(7)28(45)10-9-22-23-15-43(2,3)29(53)17-48(23,42(60)61)30(54)16-47(22,46)8/h9,23-41,51-59H,10-20H2,1-8H3,(H,49,50)(H,60,61)/t23-,24+,25-,26+,27-,28+,29-,30+,31-,32+,33-,34-,35+,36+,37+,38+,39-,40-,41-,45-,46+,47+,48+/m0/s1. The predicted octanol–water partition coefficient (Wildman–Crippen LogP) is 0.0698. The first kappa shape index (κ1) is 51.4. The van der Waals surface area contributed by atoms with Crippen molar-refractivity contribution in [1.29, 1.82) is 0 Å². The maximum absolute atomic E-state index is 13.2. The normalized spacial score (nSPS) is 52.6. The summed E-state index contributed by atoms with van der Waals surface area (Å²) in [7, 11) is 0. The van der Waals surface area contributed by atoms with Gasteiger partial charge in [0.1, 0.15) is 66.4 Å². The fraction of sp³-hybridized carbons (Fsp3) is 0.917. The molecular formula is C48H77NO18. The molecule has 19 nitrogen and oxygen atoms in total. The van der Waals surface area contributed by atoms with Gasteiger partial charge in [-0.3, -0.25) is 9.59 Å². The number of hydrogen-bond donors (Lipinski definition) is 11. The van der Waals surface area contributed by atoms with Crippen molar-refractivity contribution in [3.05, 3.63) is 11.6 Å². The number of aliphatic carboxylic acids is 1. The summed E-state index contributed by atoms with van der Waals surface area (Å²) in [6.07, 6.45) is -13.6. The third-order valence-corrected chi connectivity index (χ3v) is 19.2. The van der Waals surface area contributed by atoms with E-state index in [1.165, 1.54) is 6.92 Å². The second-order valence-electron chi connectivity index (χ2n) is 23.5. The van der Waals surface area contributed by atoms with E-state index in [0.717, 1.165) is 31.3 Å². The zero-order valence-corrected chi connectivity index (χ0v) is 40.1. The number of carboxylic acid groups (broad SMARTS) is 1. The number of amides is 1. The molecule has 11 N–H and O–H groups in total. The lowest BCUT2D eigenvalue weighted by Crippen LogP contribution is -2.69. The molecule has 3 saturated heterocycles. The Kier molecular flexibility index (Phi) is 13.8. The minimum Gasteiger partial charge on any atom is -0.481 e. The van der Waals surface area contributed by atoms with Crippen LogP contribution in [0.25, 0.3) is 0 Å². The van der Waals surface area contributed by atoms with E-state index in [0.29, 0.717) is 12.8 Å². The fourth-order valence-electron chi connectivity index (χ4n) is 15.0. The van der Waals surface area contributed by atoms with Crippen LogP contribution in [0, 0.1) is 50.2 Å². The molecule has 382 valence electrons. The third kappa shape index (κ3) is 8.15. The molecule has 0 bridgehead atoms. The van der Waals surface area contributed by atoms with Crippen LogP contribution in [0.3, 0.4) is 0 Å². The molecule has 67 heavy (non-hydrogen) atoms. The number of hydrogen-bond acceptors (Lipinski definition) is 17. The van der Waals surface area contributed by atoms with Gasteiger partial charge in [-0.15, -0.1) is 0 Å². The largest absolute Gasteiger partial charge is 0.481 e. The van der Waals surface area contributed by atoms with Gasteiger partial charge in [0.2, 0.25) is 5.91 Å². The van der Waals surface area contributed by atoms with Crippen LogP contribution in [0.2, 0.25) is 0 Å². The number of aliphatic hydroxyl groups is 9. The molecular weight excluding hydrogens is 879 g/mol.